The number of piperazine rings is 1. The monoisotopic (exact) mass is 425 g/mol. The number of hydrogen-bond donors (Lipinski definition) is 1. The average molecular weight is 425 g/mol. The van der Waals surface area contributed by atoms with Crippen LogP contribution in [0.25, 0.3) is 0 Å². The third-order valence-electron chi connectivity index (χ3n) is 4.76. The summed E-state index contributed by atoms with van der Waals surface area (Å²) >= 11 is 0. The fourth-order valence-corrected chi connectivity index (χ4v) is 3.19. The fourth-order valence-electron chi connectivity index (χ4n) is 3.19. The van der Waals surface area contributed by atoms with E-state index in [1.165, 1.54) is 6.07 Å². The van der Waals surface area contributed by atoms with Crippen molar-refractivity contribution in [3.63, 3.8) is 0 Å². The summed E-state index contributed by atoms with van der Waals surface area (Å²) in [6, 6.07) is 13.2. The normalized spacial score (nSPS) is 14.7. The molecule has 0 aliphatic carbocycles. The Bertz CT molecular complexity index is 835. The Hall–Kier alpha value is -2.81. The van der Waals surface area contributed by atoms with Gasteiger partial charge in [-0.2, -0.15) is 13.2 Å². The van der Waals surface area contributed by atoms with Gasteiger partial charge in [0.2, 0.25) is 0 Å². The number of amides is 2. The maximum Gasteiger partial charge on any atom is 0.411 e. The molecule has 1 heterocycles. The summed E-state index contributed by atoms with van der Waals surface area (Å²) in [6.45, 7) is 0.941. The molecular formula is C21H23F4N3O2. The number of para-hydroxylation sites is 1. The molecule has 2 amide bonds. The minimum atomic E-state index is -4.34. The molecule has 2 aromatic carbocycles. The molecule has 1 N–H and O–H groups in total. The van der Waals surface area contributed by atoms with Gasteiger partial charge in [0.1, 0.15) is 12.4 Å². The van der Waals surface area contributed by atoms with Gasteiger partial charge >= 0.3 is 12.2 Å². The molecule has 1 fully saturated rings. The van der Waals surface area contributed by atoms with E-state index in [-0.39, 0.29) is 18.5 Å². The van der Waals surface area contributed by atoms with E-state index in [1.807, 2.05) is 4.90 Å². The Balaban J connectivity index is 1.41. The van der Waals surface area contributed by atoms with Crippen molar-refractivity contribution in [3.8, 4) is 0 Å². The highest BCUT2D eigenvalue weighted by Crippen LogP contribution is 2.20. The number of benzene rings is 2. The number of nitrogens with zero attached hydrogens (tertiary/aromatic N) is 2. The maximum absolute atomic E-state index is 13.9. The standard InChI is InChI=1S/C21H23F4N3O2/c22-18-3-1-2-4-19(18)27-9-11-28(12-10-27)20(29)26-13-16-5-7-17(8-6-16)14-30-15-21(23,24)25/h1-8H,9-15H2,(H,26,29). The third-order valence-corrected chi connectivity index (χ3v) is 4.76. The summed E-state index contributed by atoms with van der Waals surface area (Å²) < 4.78 is 54.8. The van der Waals surface area contributed by atoms with E-state index in [0.29, 0.717) is 44.0 Å². The Morgan fingerprint density at radius 2 is 1.60 bits per heavy atom. The molecule has 1 aliphatic rings. The van der Waals surface area contributed by atoms with Gasteiger partial charge in [0.05, 0.1) is 12.3 Å². The van der Waals surface area contributed by atoms with Crippen LogP contribution < -0.4 is 10.2 Å². The first-order valence-corrected chi connectivity index (χ1v) is 9.56. The second-order valence-corrected chi connectivity index (χ2v) is 7.01. The van der Waals surface area contributed by atoms with E-state index in [2.05, 4.69) is 10.1 Å². The molecule has 30 heavy (non-hydrogen) atoms. The summed E-state index contributed by atoms with van der Waals surface area (Å²) in [7, 11) is 0. The first-order valence-electron chi connectivity index (χ1n) is 9.56. The van der Waals surface area contributed by atoms with Crippen LogP contribution in [0, 0.1) is 5.82 Å². The predicted molar refractivity (Wildman–Crippen MR) is 105 cm³/mol. The molecule has 0 unspecified atom stereocenters. The van der Waals surface area contributed by atoms with E-state index >= 15 is 0 Å². The van der Waals surface area contributed by atoms with Crippen LogP contribution in [-0.4, -0.2) is 49.9 Å². The minimum Gasteiger partial charge on any atom is -0.367 e. The lowest BCUT2D eigenvalue weighted by Gasteiger charge is -2.36. The summed E-state index contributed by atoms with van der Waals surface area (Å²) in [6.07, 6.45) is -4.34. The second kappa shape index (κ2) is 9.80. The smallest absolute Gasteiger partial charge is 0.367 e. The van der Waals surface area contributed by atoms with Crippen LogP contribution in [-0.2, 0) is 17.9 Å². The first-order chi connectivity index (χ1) is 14.3. The van der Waals surface area contributed by atoms with Gasteiger partial charge in [-0.3, -0.25) is 0 Å². The summed E-state index contributed by atoms with van der Waals surface area (Å²) in [5.41, 5.74) is 1.99. The van der Waals surface area contributed by atoms with Crippen molar-refractivity contribution in [3.05, 3.63) is 65.5 Å². The van der Waals surface area contributed by atoms with Gasteiger partial charge < -0.3 is 19.9 Å². The Morgan fingerprint density at radius 3 is 2.23 bits per heavy atom. The number of carbonyl (C=O) groups is 1. The van der Waals surface area contributed by atoms with Crippen LogP contribution in [0.4, 0.5) is 28.0 Å². The minimum absolute atomic E-state index is 0.127. The Labute approximate surface area is 172 Å². The topological polar surface area (TPSA) is 44.8 Å². The molecule has 0 saturated carbocycles. The van der Waals surface area contributed by atoms with Gasteiger partial charge in [0.15, 0.2) is 0 Å². The van der Waals surface area contributed by atoms with Crippen molar-refractivity contribution in [1.82, 2.24) is 10.2 Å². The van der Waals surface area contributed by atoms with E-state index in [4.69, 9.17) is 0 Å². The van der Waals surface area contributed by atoms with Gasteiger partial charge in [0, 0.05) is 32.7 Å². The predicted octanol–water partition coefficient (Wildman–Crippen LogP) is 3.94. The van der Waals surface area contributed by atoms with E-state index < -0.39 is 12.8 Å². The number of alkyl halides is 3. The van der Waals surface area contributed by atoms with Crippen molar-refractivity contribution in [2.24, 2.45) is 0 Å². The molecule has 5 nitrogen and oxygen atoms in total. The molecular weight excluding hydrogens is 402 g/mol. The number of halogens is 4. The molecule has 2 aromatic rings. The molecule has 9 heteroatoms. The second-order valence-electron chi connectivity index (χ2n) is 7.01. The molecule has 1 aliphatic heterocycles. The number of anilines is 1. The quantitative estimate of drug-likeness (QED) is 0.714. The molecule has 0 spiro atoms. The van der Waals surface area contributed by atoms with E-state index in [0.717, 1.165) is 5.56 Å². The number of nitrogens with one attached hydrogen (secondary N) is 1. The average Bonchev–Trinajstić information content (AvgIpc) is 2.72. The summed E-state index contributed by atoms with van der Waals surface area (Å²) in [4.78, 5) is 16.0. The third kappa shape index (κ3) is 6.35. The molecule has 162 valence electrons. The summed E-state index contributed by atoms with van der Waals surface area (Å²) in [5, 5.41) is 2.83. The molecule has 3 rings (SSSR count). The number of rotatable bonds is 6. The van der Waals surface area contributed by atoms with Crippen LogP contribution >= 0.6 is 0 Å². The number of hydrogen-bond acceptors (Lipinski definition) is 3. The highest BCUT2D eigenvalue weighted by atomic mass is 19.4. The summed E-state index contributed by atoms with van der Waals surface area (Å²) in [5.74, 6) is -0.275. The Morgan fingerprint density at radius 1 is 0.967 bits per heavy atom. The van der Waals surface area contributed by atoms with Gasteiger partial charge in [0.25, 0.3) is 0 Å². The maximum atomic E-state index is 13.9. The molecule has 0 atom stereocenters. The number of urea groups is 1. The zero-order valence-electron chi connectivity index (χ0n) is 16.3. The van der Waals surface area contributed by atoms with Crippen molar-refractivity contribution in [2.45, 2.75) is 19.3 Å². The fraction of sp³-hybridized carbons (Fsp3) is 0.381. The van der Waals surface area contributed by atoms with E-state index in [9.17, 15) is 22.4 Å². The lowest BCUT2D eigenvalue weighted by molar-refractivity contribution is -0.176. The zero-order chi connectivity index (χ0) is 21.6. The van der Waals surface area contributed by atoms with Crippen LogP contribution in [0.3, 0.4) is 0 Å². The van der Waals surface area contributed by atoms with Crippen molar-refractivity contribution < 1.29 is 27.1 Å². The van der Waals surface area contributed by atoms with Crippen molar-refractivity contribution in [1.29, 1.82) is 0 Å². The van der Waals surface area contributed by atoms with Crippen molar-refractivity contribution in [2.75, 3.05) is 37.7 Å². The SMILES string of the molecule is O=C(NCc1ccc(COCC(F)(F)F)cc1)N1CCN(c2ccccc2F)CC1. The highest BCUT2D eigenvalue weighted by Gasteiger charge is 2.27. The lowest BCUT2D eigenvalue weighted by atomic mass is 10.1. The number of ether oxygens (including phenoxy) is 1. The van der Waals surface area contributed by atoms with Gasteiger partial charge in [-0.25, -0.2) is 9.18 Å². The van der Waals surface area contributed by atoms with Crippen molar-refractivity contribution >= 4 is 11.7 Å². The van der Waals surface area contributed by atoms with Gasteiger partial charge in [-0.15, -0.1) is 0 Å². The van der Waals surface area contributed by atoms with Crippen LogP contribution in [0.5, 0.6) is 0 Å². The number of carbonyl (C=O) groups excluding carboxylic acids is 1. The largest absolute Gasteiger partial charge is 0.411 e. The highest BCUT2D eigenvalue weighted by molar-refractivity contribution is 5.74. The van der Waals surface area contributed by atoms with Crippen LogP contribution in [0.15, 0.2) is 48.5 Å². The van der Waals surface area contributed by atoms with E-state index in [1.54, 1.807) is 47.4 Å². The molecule has 1 saturated heterocycles. The Kier molecular flexibility index (Phi) is 7.15. The van der Waals surface area contributed by atoms with Crippen LogP contribution in [0.1, 0.15) is 11.1 Å². The zero-order valence-corrected chi connectivity index (χ0v) is 16.3. The van der Waals surface area contributed by atoms with Gasteiger partial charge in [-0.05, 0) is 23.3 Å². The molecule has 0 radical (unpaired) electrons. The van der Waals surface area contributed by atoms with Crippen LogP contribution in [0.2, 0.25) is 0 Å². The molecule has 0 bridgehead atoms. The lowest BCUT2D eigenvalue weighted by Crippen LogP contribution is -2.51. The first kappa shape index (κ1) is 21.9. The van der Waals surface area contributed by atoms with Gasteiger partial charge in [-0.1, -0.05) is 36.4 Å². The molecule has 0 aromatic heterocycles.